The third kappa shape index (κ3) is 3.68. The van der Waals surface area contributed by atoms with Crippen LogP contribution in [0.15, 0.2) is 18.2 Å². The number of halogens is 2. The first kappa shape index (κ1) is 15.9. The summed E-state index contributed by atoms with van der Waals surface area (Å²) in [4.78, 5) is 13.4. The number of rotatable bonds is 3. The van der Waals surface area contributed by atoms with Crippen molar-refractivity contribution < 1.29 is 9.18 Å². The highest BCUT2D eigenvalue weighted by molar-refractivity contribution is 5.94. The first-order valence-corrected chi connectivity index (χ1v) is 5.20. The number of hydrogen-bond acceptors (Lipinski definition) is 2. The predicted octanol–water partition coefficient (Wildman–Crippen LogP) is 1.98. The maximum atomic E-state index is 13.5. The number of benzene rings is 1. The molecule has 5 heteroatoms. The normalized spacial score (nSPS) is 11.6. The van der Waals surface area contributed by atoms with Gasteiger partial charge in [-0.1, -0.05) is 11.6 Å². The first-order valence-electron chi connectivity index (χ1n) is 5.20. The second-order valence-corrected chi connectivity index (χ2v) is 3.98. The lowest BCUT2D eigenvalue weighted by atomic mass is 10.1. The van der Waals surface area contributed by atoms with E-state index in [1.54, 1.807) is 19.2 Å². The van der Waals surface area contributed by atoms with Crippen molar-refractivity contribution in [1.82, 2.24) is 4.90 Å². The molecular formula is C12H18ClFN2O. The van der Waals surface area contributed by atoms with Crippen LogP contribution in [0.2, 0.25) is 0 Å². The molecule has 0 saturated heterocycles. The molecule has 0 aliphatic rings. The van der Waals surface area contributed by atoms with Crippen molar-refractivity contribution in [3.8, 4) is 0 Å². The Morgan fingerprint density at radius 1 is 1.53 bits per heavy atom. The second-order valence-electron chi connectivity index (χ2n) is 3.98. The summed E-state index contributed by atoms with van der Waals surface area (Å²) < 4.78 is 13.5. The Kier molecular flexibility index (Phi) is 6.13. The highest BCUT2D eigenvalue weighted by atomic mass is 35.5. The van der Waals surface area contributed by atoms with E-state index in [1.165, 1.54) is 11.0 Å². The van der Waals surface area contributed by atoms with Crippen LogP contribution in [-0.4, -0.2) is 30.4 Å². The smallest absolute Gasteiger partial charge is 0.256 e. The predicted molar refractivity (Wildman–Crippen MR) is 69.0 cm³/mol. The van der Waals surface area contributed by atoms with E-state index in [9.17, 15) is 9.18 Å². The fourth-order valence-electron chi connectivity index (χ4n) is 1.35. The van der Waals surface area contributed by atoms with Gasteiger partial charge >= 0.3 is 0 Å². The Hall–Kier alpha value is -1.13. The van der Waals surface area contributed by atoms with Crippen LogP contribution >= 0.6 is 12.4 Å². The molecule has 0 spiro atoms. The molecule has 1 amide bonds. The minimum absolute atomic E-state index is 0. The maximum Gasteiger partial charge on any atom is 0.256 e. The minimum Gasteiger partial charge on any atom is -0.338 e. The van der Waals surface area contributed by atoms with Gasteiger partial charge in [0.1, 0.15) is 5.82 Å². The molecule has 1 unspecified atom stereocenters. The van der Waals surface area contributed by atoms with Crippen LogP contribution in [0.1, 0.15) is 22.8 Å². The first-order chi connectivity index (χ1) is 7.47. The summed E-state index contributed by atoms with van der Waals surface area (Å²) in [5.74, 6) is -0.828. The van der Waals surface area contributed by atoms with E-state index < -0.39 is 5.82 Å². The van der Waals surface area contributed by atoms with Crippen molar-refractivity contribution in [2.75, 3.05) is 13.6 Å². The number of amides is 1. The summed E-state index contributed by atoms with van der Waals surface area (Å²) in [6, 6.07) is 4.40. The van der Waals surface area contributed by atoms with Gasteiger partial charge in [-0.3, -0.25) is 4.79 Å². The Morgan fingerprint density at radius 2 is 2.12 bits per heavy atom. The van der Waals surface area contributed by atoms with E-state index in [0.717, 1.165) is 5.56 Å². The molecule has 0 radical (unpaired) electrons. The number of likely N-dealkylation sites (N-methyl/N-ethyl adjacent to an activating group) is 1. The quantitative estimate of drug-likeness (QED) is 0.903. The van der Waals surface area contributed by atoms with Crippen molar-refractivity contribution in [3.63, 3.8) is 0 Å². The molecule has 0 saturated carbocycles. The molecule has 1 aromatic carbocycles. The van der Waals surface area contributed by atoms with Crippen LogP contribution < -0.4 is 5.73 Å². The molecule has 1 rings (SSSR count). The zero-order valence-electron chi connectivity index (χ0n) is 10.2. The van der Waals surface area contributed by atoms with Gasteiger partial charge in [-0.2, -0.15) is 0 Å². The number of carbonyl (C=O) groups excluding carboxylic acids is 1. The number of carbonyl (C=O) groups is 1. The lowest BCUT2D eigenvalue weighted by Crippen LogP contribution is -2.40. The molecule has 1 atom stereocenters. The topological polar surface area (TPSA) is 46.3 Å². The lowest BCUT2D eigenvalue weighted by molar-refractivity contribution is 0.0743. The van der Waals surface area contributed by atoms with Crippen LogP contribution in [0.25, 0.3) is 0 Å². The Balaban J connectivity index is 0.00000256. The molecule has 96 valence electrons. The highest BCUT2D eigenvalue weighted by Crippen LogP contribution is 2.13. The molecule has 1 aromatic rings. The molecule has 2 N–H and O–H groups in total. The molecule has 0 aliphatic carbocycles. The highest BCUT2D eigenvalue weighted by Gasteiger charge is 2.19. The van der Waals surface area contributed by atoms with Crippen molar-refractivity contribution >= 4 is 18.3 Å². The Morgan fingerprint density at radius 3 is 2.65 bits per heavy atom. The average Bonchev–Trinajstić information content (AvgIpc) is 2.29. The third-order valence-corrected chi connectivity index (χ3v) is 2.67. The van der Waals surface area contributed by atoms with Crippen molar-refractivity contribution in [1.29, 1.82) is 0 Å². The SMILES string of the molecule is Cc1ccc(F)c(C(=O)N(C)C(C)CN)c1.Cl. The zero-order chi connectivity index (χ0) is 12.3. The van der Waals surface area contributed by atoms with E-state index in [4.69, 9.17) is 5.73 Å². The Labute approximate surface area is 107 Å². The molecule has 0 fully saturated rings. The van der Waals surface area contributed by atoms with Gasteiger partial charge in [-0.05, 0) is 26.0 Å². The lowest BCUT2D eigenvalue weighted by Gasteiger charge is -2.23. The van der Waals surface area contributed by atoms with Gasteiger partial charge in [0.15, 0.2) is 0 Å². The molecule has 0 aromatic heterocycles. The summed E-state index contributed by atoms with van der Waals surface area (Å²) in [5.41, 5.74) is 6.43. The second kappa shape index (κ2) is 6.57. The maximum absolute atomic E-state index is 13.5. The monoisotopic (exact) mass is 260 g/mol. The van der Waals surface area contributed by atoms with Crippen LogP contribution in [0.5, 0.6) is 0 Å². The van der Waals surface area contributed by atoms with E-state index >= 15 is 0 Å². The summed E-state index contributed by atoms with van der Waals surface area (Å²) in [7, 11) is 1.63. The van der Waals surface area contributed by atoms with Crippen LogP contribution in [0, 0.1) is 12.7 Å². The van der Waals surface area contributed by atoms with E-state index in [1.807, 2.05) is 13.8 Å². The van der Waals surface area contributed by atoms with Crippen molar-refractivity contribution in [2.45, 2.75) is 19.9 Å². The van der Waals surface area contributed by atoms with Crippen LogP contribution in [0.4, 0.5) is 4.39 Å². The van der Waals surface area contributed by atoms with E-state index in [-0.39, 0.29) is 29.9 Å². The van der Waals surface area contributed by atoms with Gasteiger partial charge in [0.2, 0.25) is 0 Å². The number of nitrogens with zero attached hydrogens (tertiary/aromatic N) is 1. The summed E-state index contributed by atoms with van der Waals surface area (Å²) in [5, 5.41) is 0. The van der Waals surface area contributed by atoms with Gasteiger partial charge < -0.3 is 10.6 Å². The standard InChI is InChI=1S/C12H17FN2O.ClH/c1-8-4-5-11(13)10(6-8)12(16)15(3)9(2)7-14;/h4-6,9H,7,14H2,1-3H3;1H. The average molecular weight is 261 g/mol. The van der Waals surface area contributed by atoms with Gasteiger partial charge in [-0.15, -0.1) is 12.4 Å². The fourth-order valence-corrected chi connectivity index (χ4v) is 1.35. The molecule has 0 heterocycles. The van der Waals surface area contributed by atoms with Gasteiger partial charge in [0, 0.05) is 19.6 Å². The molecule has 3 nitrogen and oxygen atoms in total. The van der Waals surface area contributed by atoms with Crippen LogP contribution in [-0.2, 0) is 0 Å². The van der Waals surface area contributed by atoms with Crippen molar-refractivity contribution in [3.05, 3.63) is 35.1 Å². The van der Waals surface area contributed by atoms with Gasteiger partial charge in [0.05, 0.1) is 5.56 Å². The number of hydrogen-bond donors (Lipinski definition) is 1. The van der Waals surface area contributed by atoms with Gasteiger partial charge in [0.25, 0.3) is 5.91 Å². The van der Waals surface area contributed by atoms with E-state index in [0.29, 0.717) is 6.54 Å². The molecule has 0 aliphatic heterocycles. The summed E-state index contributed by atoms with van der Waals surface area (Å²) in [6.45, 7) is 4.00. The minimum atomic E-state index is -0.494. The molecule has 0 bridgehead atoms. The molecular weight excluding hydrogens is 243 g/mol. The molecule has 17 heavy (non-hydrogen) atoms. The van der Waals surface area contributed by atoms with Gasteiger partial charge in [-0.25, -0.2) is 4.39 Å². The Bertz CT molecular complexity index is 398. The third-order valence-electron chi connectivity index (χ3n) is 2.67. The largest absolute Gasteiger partial charge is 0.338 e. The van der Waals surface area contributed by atoms with Crippen LogP contribution in [0.3, 0.4) is 0 Å². The summed E-state index contributed by atoms with van der Waals surface area (Å²) >= 11 is 0. The zero-order valence-corrected chi connectivity index (χ0v) is 11.1. The van der Waals surface area contributed by atoms with E-state index in [2.05, 4.69) is 0 Å². The number of aryl methyl sites for hydroxylation is 1. The fraction of sp³-hybridized carbons (Fsp3) is 0.417. The van der Waals surface area contributed by atoms with Crippen molar-refractivity contribution in [2.24, 2.45) is 5.73 Å². The summed E-state index contributed by atoms with van der Waals surface area (Å²) in [6.07, 6.45) is 0. The number of nitrogens with two attached hydrogens (primary N) is 1.